The summed E-state index contributed by atoms with van der Waals surface area (Å²) in [6.45, 7) is 2.56. The van der Waals surface area contributed by atoms with Crippen molar-refractivity contribution in [3.63, 3.8) is 0 Å². The Hall–Kier alpha value is -2.34. The van der Waals surface area contributed by atoms with Crippen LogP contribution in [0.25, 0.3) is 0 Å². The van der Waals surface area contributed by atoms with Gasteiger partial charge in [0.05, 0.1) is 19.7 Å². The average molecular weight is 316 g/mol. The van der Waals surface area contributed by atoms with Crippen LogP contribution in [0.3, 0.4) is 0 Å². The Morgan fingerprint density at radius 3 is 2.48 bits per heavy atom. The molecular formula is C17H20N2O4. The van der Waals surface area contributed by atoms with Crippen LogP contribution in [0, 0.1) is 10.1 Å². The molecule has 0 spiro atoms. The van der Waals surface area contributed by atoms with Gasteiger partial charge in [0, 0.05) is 0 Å². The van der Waals surface area contributed by atoms with Crippen molar-refractivity contribution in [2.75, 3.05) is 20.2 Å². The van der Waals surface area contributed by atoms with Gasteiger partial charge in [-0.25, -0.2) is 0 Å². The SMILES string of the molecule is COc1ccc(C2CCN(Cc3ccc([N+](=O)[O-])o3)CC2)cc1. The molecule has 0 N–H and O–H groups in total. The van der Waals surface area contributed by atoms with Crippen molar-refractivity contribution in [2.45, 2.75) is 25.3 Å². The van der Waals surface area contributed by atoms with E-state index in [0.29, 0.717) is 18.2 Å². The minimum absolute atomic E-state index is 0.187. The summed E-state index contributed by atoms with van der Waals surface area (Å²) >= 11 is 0. The second-order valence-electron chi connectivity index (χ2n) is 5.82. The van der Waals surface area contributed by atoms with Crippen LogP contribution in [0.15, 0.2) is 40.8 Å². The zero-order valence-electron chi connectivity index (χ0n) is 13.1. The summed E-state index contributed by atoms with van der Waals surface area (Å²) in [4.78, 5) is 12.4. The number of likely N-dealkylation sites (tertiary alicyclic amines) is 1. The summed E-state index contributed by atoms with van der Waals surface area (Å²) in [6, 6.07) is 11.4. The van der Waals surface area contributed by atoms with E-state index >= 15 is 0 Å². The van der Waals surface area contributed by atoms with E-state index in [2.05, 4.69) is 17.0 Å². The molecule has 0 aliphatic carbocycles. The Kier molecular flexibility index (Phi) is 4.62. The van der Waals surface area contributed by atoms with Gasteiger partial charge in [-0.3, -0.25) is 15.0 Å². The maximum atomic E-state index is 10.6. The van der Waals surface area contributed by atoms with Gasteiger partial charge in [0.15, 0.2) is 0 Å². The molecule has 1 fully saturated rings. The quantitative estimate of drug-likeness (QED) is 0.623. The lowest BCUT2D eigenvalue weighted by Crippen LogP contribution is -2.32. The van der Waals surface area contributed by atoms with Gasteiger partial charge in [0.25, 0.3) is 0 Å². The van der Waals surface area contributed by atoms with Crippen LogP contribution in [0.5, 0.6) is 5.75 Å². The lowest BCUT2D eigenvalue weighted by atomic mass is 9.89. The van der Waals surface area contributed by atoms with Gasteiger partial charge in [0.1, 0.15) is 16.4 Å². The first kappa shape index (κ1) is 15.6. The topological polar surface area (TPSA) is 68.8 Å². The molecule has 23 heavy (non-hydrogen) atoms. The van der Waals surface area contributed by atoms with E-state index in [1.54, 1.807) is 13.2 Å². The molecule has 1 aromatic carbocycles. The number of ether oxygens (including phenoxy) is 1. The summed E-state index contributed by atoms with van der Waals surface area (Å²) in [5.74, 6) is 1.90. The normalized spacial score (nSPS) is 16.4. The molecule has 6 heteroatoms. The zero-order chi connectivity index (χ0) is 16.2. The number of hydrogen-bond donors (Lipinski definition) is 0. The van der Waals surface area contributed by atoms with E-state index in [1.807, 2.05) is 12.1 Å². The van der Waals surface area contributed by atoms with Crippen LogP contribution >= 0.6 is 0 Å². The third-order valence-corrected chi connectivity index (χ3v) is 4.38. The molecule has 2 aromatic rings. The summed E-state index contributed by atoms with van der Waals surface area (Å²) in [5.41, 5.74) is 1.35. The third kappa shape index (κ3) is 3.71. The van der Waals surface area contributed by atoms with E-state index in [4.69, 9.17) is 9.15 Å². The zero-order valence-corrected chi connectivity index (χ0v) is 13.1. The molecule has 0 bridgehead atoms. The number of piperidine rings is 1. The monoisotopic (exact) mass is 316 g/mol. The van der Waals surface area contributed by atoms with Gasteiger partial charge in [0.2, 0.25) is 0 Å². The van der Waals surface area contributed by atoms with Gasteiger partial charge >= 0.3 is 5.88 Å². The fourth-order valence-corrected chi connectivity index (χ4v) is 3.07. The molecule has 1 aromatic heterocycles. The van der Waals surface area contributed by atoms with Crippen molar-refractivity contribution >= 4 is 5.88 Å². The number of benzene rings is 1. The molecule has 122 valence electrons. The molecule has 0 unspecified atom stereocenters. The molecule has 6 nitrogen and oxygen atoms in total. The maximum absolute atomic E-state index is 10.6. The molecule has 1 aliphatic rings. The fourth-order valence-electron chi connectivity index (χ4n) is 3.07. The van der Waals surface area contributed by atoms with Gasteiger partial charge < -0.3 is 9.15 Å². The number of nitrogens with zero attached hydrogens (tertiary/aromatic N) is 2. The summed E-state index contributed by atoms with van der Waals surface area (Å²) in [6.07, 6.45) is 2.16. The molecule has 3 rings (SSSR count). The van der Waals surface area contributed by atoms with E-state index < -0.39 is 4.92 Å². The van der Waals surface area contributed by atoms with Crippen molar-refractivity contribution < 1.29 is 14.1 Å². The molecule has 1 aliphatic heterocycles. The Morgan fingerprint density at radius 1 is 1.22 bits per heavy atom. The van der Waals surface area contributed by atoms with Gasteiger partial charge in [-0.1, -0.05) is 12.1 Å². The Labute approximate surface area is 134 Å². The van der Waals surface area contributed by atoms with E-state index in [1.165, 1.54) is 11.6 Å². The van der Waals surface area contributed by atoms with Crippen molar-refractivity contribution in [3.05, 3.63) is 57.8 Å². The van der Waals surface area contributed by atoms with Crippen LogP contribution in [0.2, 0.25) is 0 Å². The van der Waals surface area contributed by atoms with Crippen molar-refractivity contribution in [1.82, 2.24) is 4.90 Å². The summed E-state index contributed by atoms with van der Waals surface area (Å²) in [7, 11) is 1.67. The highest BCUT2D eigenvalue weighted by molar-refractivity contribution is 5.29. The maximum Gasteiger partial charge on any atom is 0.433 e. The smallest absolute Gasteiger partial charge is 0.433 e. The highest BCUT2D eigenvalue weighted by Gasteiger charge is 2.22. The second kappa shape index (κ2) is 6.83. The molecule has 0 amide bonds. The average Bonchev–Trinajstić information content (AvgIpc) is 3.04. The van der Waals surface area contributed by atoms with Gasteiger partial charge in [-0.15, -0.1) is 0 Å². The van der Waals surface area contributed by atoms with Crippen LogP contribution in [-0.2, 0) is 6.54 Å². The largest absolute Gasteiger partial charge is 0.497 e. The first-order valence-electron chi connectivity index (χ1n) is 7.75. The van der Waals surface area contributed by atoms with Crippen LogP contribution < -0.4 is 4.74 Å². The van der Waals surface area contributed by atoms with Crippen molar-refractivity contribution in [1.29, 1.82) is 0 Å². The van der Waals surface area contributed by atoms with Crippen LogP contribution in [0.1, 0.15) is 30.1 Å². The predicted octanol–water partition coefficient (Wildman–Crippen LogP) is 3.58. The second-order valence-corrected chi connectivity index (χ2v) is 5.82. The highest BCUT2D eigenvalue weighted by atomic mass is 16.6. The van der Waals surface area contributed by atoms with Gasteiger partial charge in [-0.2, -0.15) is 0 Å². The lowest BCUT2D eigenvalue weighted by molar-refractivity contribution is -0.402. The Balaban J connectivity index is 1.54. The van der Waals surface area contributed by atoms with Crippen molar-refractivity contribution in [3.8, 4) is 5.75 Å². The third-order valence-electron chi connectivity index (χ3n) is 4.38. The molecule has 0 saturated carbocycles. The molecule has 2 heterocycles. The van der Waals surface area contributed by atoms with Gasteiger partial charge in [-0.05, 0) is 55.6 Å². The number of nitro groups is 1. The standard InChI is InChI=1S/C17H20N2O4/c1-22-15-4-2-13(3-5-15)14-8-10-18(11-9-14)12-16-6-7-17(23-16)19(20)21/h2-7,14H,8-12H2,1H3. The van der Waals surface area contributed by atoms with E-state index in [9.17, 15) is 10.1 Å². The number of methoxy groups -OCH3 is 1. The highest BCUT2D eigenvalue weighted by Crippen LogP contribution is 2.30. The Morgan fingerprint density at radius 2 is 1.91 bits per heavy atom. The van der Waals surface area contributed by atoms with Crippen LogP contribution in [-0.4, -0.2) is 30.0 Å². The number of hydrogen-bond acceptors (Lipinski definition) is 5. The molecule has 1 saturated heterocycles. The first-order valence-corrected chi connectivity index (χ1v) is 7.75. The first-order chi connectivity index (χ1) is 11.2. The Bertz CT molecular complexity index is 657. The van der Waals surface area contributed by atoms with Crippen molar-refractivity contribution in [2.24, 2.45) is 0 Å². The lowest BCUT2D eigenvalue weighted by Gasteiger charge is -2.31. The van der Waals surface area contributed by atoms with Crippen LogP contribution in [0.4, 0.5) is 5.88 Å². The molecular weight excluding hydrogens is 296 g/mol. The van der Waals surface area contributed by atoms with E-state index in [-0.39, 0.29) is 5.88 Å². The molecule has 0 atom stereocenters. The minimum atomic E-state index is -0.501. The van der Waals surface area contributed by atoms with E-state index in [0.717, 1.165) is 31.7 Å². The summed E-state index contributed by atoms with van der Waals surface area (Å²) in [5, 5.41) is 10.6. The molecule has 0 radical (unpaired) electrons. The number of rotatable bonds is 5. The fraction of sp³-hybridized carbons (Fsp3) is 0.412. The predicted molar refractivity (Wildman–Crippen MR) is 85.6 cm³/mol. The minimum Gasteiger partial charge on any atom is -0.497 e. The number of furan rings is 1. The summed E-state index contributed by atoms with van der Waals surface area (Å²) < 4.78 is 10.4.